The fourth-order valence-corrected chi connectivity index (χ4v) is 4.07. The monoisotopic (exact) mass is 419 g/mol. The number of alkyl halides is 3. The van der Waals surface area contributed by atoms with Crippen molar-refractivity contribution in [3.63, 3.8) is 0 Å². The number of nitrogens with zero attached hydrogens (tertiary/aromatic N) is 2. The van der Waals surface area contributed by atoms with E-state index in [1.165, 1.54) is 43.7 Å². The molecule has 4 rings (SSSR count). The molecule has 0 unspecified atom stereocenters. The third-order valence-electron chi connectivity index (χ3n) is 5.53. The first kappa shape index (κ1) is 20.5. The first-order valence-corrected chi connectivity index (χ1v) is 10.1. The molecular formula is C22H24F3N3O2. The molecule has 1 saturated carbocycles. The topological polar surface area (TPSA) is 54.5 Å². The van der Waals surface area contributed by atoms with Gasteiger partial charge in [-0.25, -0.2) is 4.98 Å². The fraction of sp³-hybridized carbons (Fsp3) is 0.455. The van der Waals surface area contributed by atoms with Crippen LogP contribution in [0.4, 0.5) is 19.0 Å². The van der Waals surface area contributed by atoms with Crippen LogP contribution in [0.5, 0.6) is 5.75 Å². The molecule has 1 amide bonds. The average Bonchev–Trinajstić information content (AvgIpc) is 3.47. The minimum absolute atomic E-state index is 0.114. The molecule has 30 heavy (non-hydrogen) atoms. The van der Waals surface area contributed by atoms with E-state index in [-0.39, 0.29) is 23.7 Å². The Labute approximate surface area is 173 Å². The zero-order valence-corrected chi connectivity index (χ0v) is 16.7. The Morgan fingerprint density at radius 2 is 1.87 bits per heavy atom. The maximum Gasteiger partial charge on any atom is 0.422 e. The minimum Gasteiger partial charge on any atom is -0.484 e. The van der Waals surface area contributed by atoms with Crippen LogP contribution in [0.1, 0.15) is 49.3 Å². The van der Waals surface area contributed by atoms with Crippen molar-refractivity contribution in [2.24, 2.45) is 0 Å². The zero-order valence-electron chi connectivity index (χ0n) is 16.7. The van der Waals surface area contributed by atoms with Gasteiger partial charge in [0.2, 0.25) is 5.91 Å². The van der Waals surface area contributed by atoms with Crippen LogP contribution in [0.15, 0.2) is 42.6 Å². The Kier molecular flexibility index (Phi) is 5.58. The van der Waals surface area contributed by atoms with Gasteiger partial charge in [0, 0.05) is 25.7 Å². The van der Waals surface area contributed by atoms with Crippen LogP contribution in [-0.2, 0) is 4.79 Å². The van der Waals surface area contributed by atoms with Crippen molar-refractivity contribution < 1.29 is 22.7 Å². The molecule has 5 nitrogen and oxygen atoms in total. The van der Waals surface area contributed by atoms with Crippen molar-refractivity contribution in [1.29, 1.82) is 0 Å². The zero-order chi connectivity index (χ0) is 21.3. The molecule has 2 aromatic rings. The van der Waals surface area contributed by atoms with E-state index in [2.05, 4.69) is 34.6 Å². The van der Waals surface area contributed by atoms with E-state index in [1.54, 1.807) is 0 Å². The molecule has 0 radical (unpaired) electrons. The number of benzene rings is 1. The van der Waals surface area contributed by atoms with E-state index < -0.39 is 12.8 Å². The van der Waals surface area contributed by atoms with Crippen LogP contribution in [-0.4, -0.2) is 36.3 Å². The molecule has 8 heteroatoms. The smallest absolute Gasteiger partial charge is 0.422 e. The Bertz CT molecular complexity index is 897. The molecule has 0 spiro atoms. The van der Waals surface area contributed by atoms with E-state index in [0.29, 0.717) is 24.7 Å². The van der Waals surface area contributed by atoms with E-state index in [0.717, 1.165) is 5.56 Å². The third-order valence-corrected chi connectivity index (χ3v) is 5.53. The van der Waals surface area contributed by atoms with Gasteiger partial charge in [-0.1, -0.05) is 24.3 Å². The molecule has 1 aliphatic carbocycles. The summed E-state index contributed by atoms with van der Waals surface area (Å²) in [7, 11) is 0. The minimum atomic E-state index is -4.40. The van der Waals surface area contributed by atoms with Gasteiger partial charge < -0.3 is 15.0 Å². The second-order valence-electron chi connectivity index (χ2n) is 7.93. The number of amides is 1. The van der Waals surface area contributed by atoms with Crippen molar-refractivity contribution in [2.75, 3.05) is 18.1 Å². The van der Waals surface area contributed by atoms with Crippen molar-refractivity contribution in [1.82, 2.24) is 10.3 Å². The van der Waals surface area contributed by atoms with Gasteiger partial charge in [-0.2, -0.15) is 13.2 Å². The predicted molar refractivity (Wildman–Crippen MR) is 107 cm³/mol. The molecule has 1 saturated heterocycles. The number of carbonyl (C=O) groups excluding carboxylic acids is 1. The quantitative estimate of drug-likeness (QED) is 0.756. The SMILES string of the molecule is CC(=O)N[C@@H]1CCN(c2cc(OCC(F)(F)F)ccn2)[C@@H]1c1ccc(C2CC2)cc1. The first-order valence-electron chi connectivity index (χ1n) is 10.1. The maximum atomic E-state index is 12.5. The molecule has 1 aliphatic heterocycles. The van der Waals surface area contributed by atoms with Crippen LogP contribution in [0.25, 0.3) is 0 Å². The molecule has 1 aromatic carbocycles. The van der Waals surface area contributed by atoms with E-state index in [4.69, 9.17) is 4.74 Å². The van der Waals surface area contributed by atoms with Crippen molar-refractivity contribution >= 4 is 11.7 Å². The lowest BCUT2D eigenvalue weighted by Gasteiger charge is -2.30. The van der Waals surface area contributed by atoms with Crippen LogP contribution in [0, 0.1) is 0 Å². The van der Waals surface area contributed by atoms with Crippen LogP contribution >= 0.6 is 0 Å². The van der Waals surface area contributed by atoms with Gasteiger partial charge in [0.25, 0.3) is 0 Å². The summed E-state index contributed by atoms with van der Waals surface area (Å²) in [5.74, 6) is 1.17. The third kappa shape index (κ3) is 4.86. The Morgan fingerprint density at radius 3 is 2.50 bits per heavy atom. The number of carbonyl (C=O) groups is 1. The standard InChI is InChI=1S/C22H24F3N3O2/c1-14(29)27-19-9-11-28(20-12-18(8-10-26-20)30-13-22(23,24)25)21(19)17-6-4-16(5-7-17)15-2-3-15/h4-8,10,12,15,19,21H,2-3,9,11,13H2,1H3,(H,27,29)/t19-,21-/m1/s1. The van der Waals surface area contributed by atoms with Crippen molar-refractivity contribution in [3.05, 3.63) is 53.7 Å². The van der Waals surface area contributed by atoms with Gasteiger partial charge in [0.15, 0.2) is 6.61 Å². The largest absolute Gasteiger partial charge is 0.484 e. The molecule has 160 valence electrons. The van der Waals surface area contributed by atoms with Crippen molar-refractivity contribution in [2.45, 2.75) is 50.4 Å². The fourth-order valence-electron chi connectivity index (χ4n) is 4.07. The summed E-state index contributed by atoms with van der Waals surface area (Å²) in [6, 6.07) is 11.1. The number of aromatic nitrogens is 1. The lowest BCUT2D eigenvalue weighted by molar-refractivity contribution is -0.153. The number of halogens is 3. The summed E-state index contributed by atoms with van der Waals surface area (Å²) in [4.78, 5) is 18.1. The van der Waals surface area contributed by atoms with Crippen molar-refractivity contribution in [3.8, 4) is 5.75 Å². The average molecular weight is 419 g/mol. The molecule has 2 heterocycles. The van der Waals surface area contributed by atoms with E-state index in [9.17, 15) is 18.0 Å². The lowest BCUT2D eigenvalue weighted by Crippen LogP contribution is -2.38. The molecule has 2 aliphatic rings. The van der Waals surface area contributed by atoms with Gasteiger partial charge >= 0.3 is 6.18 Å². The highest BCUT2D eigenvalue weighted by Crippen LogP contribution is 2.42. The first-order chi connectivity index (χ1) is 14.3. The van der Waals surface area contributed by atoms with Crippen LogP contribution in [0.2, 0.25) is 0 Å². The predicted octanol–water partition coefficient (Wildman–Crippen LogP) is 4.36. The number of ether oxygens (including phenoxy) is 1. The highest BCUT2D eigenvalue weighted by Gasteiger charge is 2.37. The number of hydrogen-bond donors (Lipinski definition) is 1. The molecule has 2 atom stereocenters. The van der Waals surface area contributed by atoms with Gasteiger partial charge in [0.05, 0.1) is 12.1 Å². The number of anilines is 1. The Hall–Kier alpha value is -2.77. The van der Waals surface area contributed by atoms with Gasteiger partial charge in [-0.05, 0) is 42.4 Å². The lowest BCUT2D eigenvalue weighted by atomic mass is 9.97. The Balaban J connectivity index is 1.59. The Morgan fingerprint density at radius 1 is 1.17 bits per heavy atom. The highest BCUT2D eigenvalue weighted by molar-refractivity contribution is 5.73. The summed E-state index contributed by atoms with van der Waals surface area (Å²) in [6.07, 6.45) is 0.194. The summed E-state index contributed by atoms with van der Waals surface area (Å²) >= 11 is 0. The van der Waals surface area contributed by atoms with Gasteiger partial charge in [-0.3, -0.25) is 4.79 Å². The van der Waals surface area contributed by atoms with Crippen LogP contribution in [0.3, 0.4) is 0 Å². The molecule has 0 bridgehead atoms. The second-order valence-corrected chi connectivity index (χ2v) is 7.93. The second kappa shape index (κ2) is 8.16. The maximum absolute atomic E-state index is 12.5. The van der Waals surface area contributed by atoms with Gasteiger partial charge in [-0.15, -0.1) is 0 Å². The summed E-state index contributed by atoms with van der Waals surface area (Å²) < 4.78 is 42.4. The number of nitrogens with one attached hydrogen (secondary N) is 1. The summed E-state index contributed by atoms with van der Waals surface area (Å²) in [6.45, 7) is 0.756. The highest BCUT2D eigenvalue weighted by atomic mass is 19.4. The molecule has 1 aromatic heterocycles. The summed E-state index contributed by atoms with van der Waals surface area (Å²) in [5, 5.41) is 3.01. The summed E-state index contributed by atoms with van der Waals surface area (Å²) in [5.41, 5.74) is 2.36. The van der Waals surface area contributed by atoms with E-state index in [1.807, 2.05) is 4.90 Å². The number of hydrogen-bond acceptors (Lipinski definition) is 4. The molecule has 2 fully saturated rings. The molecular weight excluding hydrogens is 395 g/mol. The van der Waals surface area contributed by atoms with Gasteiger partial charge in [0.1, 0.15) is 11.6 Å². The van der Waals surface area contributed by atoms with E-state index >= 15 is 0 Å². The van der Waals surface area contributed by atoms with Crippen LogP contribution < -0.4 is 15.0 Å². The number of rotatable bonds is 6. The normalized spacial score (nSPS) is 21.5. The number of pyridine rings is 1. The molecule has 1 N–H and O–H groups in total.